The van der Waals surface area contributed by atoms with Gasteiger partial charge in [-0.3, -0.25) is 4.79 Å². The van der Waals surface area contributed by atoms with Crippen molar-refractivity contribution < 1.29 is 9.90 Å². The van der Waals surface area contributed by atoms with Gasteiger partial charge in [0.15, 0.2) is 0 Å². The lowest BCUT2D eigenvalue weighted by atomic mass is 10.2. The van der Waals surface area contributed by atoms with Crippen molar-refractivity contribution in [2.45, 2.75) is 26.3 Å². The van der Waals surface area contributed by atoms with Crippen LogP contribution in [0.25, 0.3) is 0 Å². The standard InChI is InChI=1S/C14H22N2O2/c1-4-8-15-13(14(17)18)10-16(3)12-7-5-6-11(2)9-12/h5-7,9,13,15H,4,8,10H2,1-3H3,(H,17,18). The molecular weight excluding hydrogens is 228 g/mol. The third-order valence-electron chi connectivity index (χ3n) is 2.84. The molecule has 1 aromatic rings. The van der Waals surface area contributed by atoms with Crippen molar-refractivity contribution in [1.82, 2.24) is 5.32 Å². The van der Waals surface area contributed by atoms with E-state index in [1.54, 1.807) is 0 Å². The Morgan fingerprint density at radius 1 is 1.50 bits per heavy atom. The van der Waals surface area contributed by atoms with Crippen LogP contribution in [0.3, 0.4) is 0 Å². The topological polar surface area (TPSA) is 52.6 Å². The number of hydrogen-bond donors (Lipinski definition) is 2. The van der Waals surface area contributed by atoms with Gasteiger partial charge >= 0.3 is 5.97 Å². The molecule has 0 aliphatic rings. The van der Waals surface area contributed by atoms with Gasteiger partial charge in [0.25, 0.3) is 0 Å². The predicted octanol–water partition coefficient (Wildman–Crippen LogP) is 1.88. The zero-order chi connectivity index (χ0) is 13.5. The fourth-order valence-corrected chi connectivity index (χ4v) is 1.79. The monoisotopic (exact) mass is 250 g/mol. The van der Waals surface area contributed by atoms with Crippen LogP contribution < -0.4 is 10.2 Å². The number of carboxylic acids is 1. The summed E-state index contributed by atoms with van der Waals surface area (Å²) >= 11 is 0. The van der Waals surface area contributed by atoms with E-state index in [0.717, 1.165) is 18.7 Å². The van der Waals surface area contributed by atoms with Gasteiger partial charge in [0.2, 0.25) is 0 Å². The van der Waals surface area contributed by atoms with Crippen LogP contribution in [0.5, 0.6) is 0 Å². The molecule has 1 atom stereocenters. The van der Waals surface area contributed by atoms with E-state index in [1.165, 1.54) is 5.56 Å². The number of rotatable bonds is 7. The Balaban J connectivity index is 2.65. The number of carboxylic acid groups (broad SMARTS) is 1. The van der Waals surface area contributed by atoms with Gasteiger partial charge in [0.05, 0.1) is 0 Å². The number of hydrogen-bond acceptors (Lipinski definition) is 3. The van der Waals surface area contributed by atoms with E-state index in [-0.39, 0.29) is 0 Å². The van der Waals surface area contributed by atoms with Gasteiger partial charge in [-0.15, -0.1) is 0 Å². The first kappa shape index (κ1) is 14.5. The molecule has 0 saturated carbocycles. The van der Waals surface area contributed by atoms with Crippen molar-refractivity contribution in [2.75, 3.05) is 25.0 Å². The minimum atomic E-state index is -0.803. The highest BCUT2D eigenvalue weighted by Crippen LogP contribution is 2.14. The van der Waals surface area contributed by atoms with E-state index in [2.05, 4.69) is 11.4 Å². The molecule has 0 heterocycles. The second-order valence-corrected chi connectivity index (χ2v) is 4.56. The molecular formula is C14H22N2O2. The molecule has 1 rings (SSSR count). The van der Waals surface area contributed by atoms with Crippen molar-refractivity contribution in [3.05, 3.63) is 29.8 Å². The van der Waals surface area contributed by atoms with Gasteiger partial charge in [-0.25, -0.2) is 0 Å². The van der Waals surface area contributed by atoms with E-state index in [0.29, 0.717) is 6.54 Å². The SMILES string of the molecule is CCCNC(CN(C)c1cccc(C)c1)C(=O)O. The first-order valence-corrected chi connectivity index (χ1v) is 6.28. The summed E-state index contributed by atoms with van der Waals surface area (Å²) in [4.78, 5) is 13.1. The lowest BCUT2D eigenvalue weighted by molar-refractivity contribution is -0.139. The molecule has 1 aromatic carbocycles. The number of anilines is 1. The lowest BCUT2D eigenvalue weighted by Gasteiger charge is -2.24. The van der Waals surface area contributed by atoms with E-state index < -0.39 is 12.0 Å². The number of likely N-dealkylation sites (N-methyl/N-ethyl adjacent to an activating group) is 1. The third-order valence-corrected chi connectivity index (χ3v) is 2.84. The molecule has 0 aromatic heterocycles. The molecule has 4 heteroatoms. The van der Waals surface area contributed by atoms with Crippen LogP contribution in [0.15, 0.2) is 24.3 Å². The van der Waals surface area contributed by atoms with E-state index in [4.69, 9.17) is 5.11 Å². The largest absolute Gasteiger partial charge is 0.480 e. The quantitative estimate of drug-likeness (QED) is 0.776. The fourth-order valence-electron chi connectivity index (χ4n) is 1.79. The Hall–Kier alpha value is -1.55. The van der Waals surface area contributed by atoms with Gasteiger partial charge < -0.3 is 15.3 Å². The van der Waals surface area contributed by atoms with Gasteiger partial charge in [-0.2, -0.15) is 0 Å². The number of nitrogens with one attached hydrogen (secondary N) is 1. The number of aliphatic carboxylic acids is 1. The Morgan fingerprint density at radius 3 is 2.78 bits per heavy atom. The summed E-state index contributed by atoms with van der Waals surface area (Å²) in [6, 6.07) is 7.53. The Kier molecular flexibility index (Phi) is 5.65. The second kappa shape index (κ2) is 7.01. The van der Waals surface area contributed by atoms with Crippen LogP contribution in [0.2, 0.25) is 0 Å². The van der Waals surface area contributed by atoms with Gasteiger partial charge in [0.1, 0.15) is 6.04 Å². The molecule has 2 N–H and O–H groups in total. The highest BCUT2D eigenvalue weighted by molar-refractivity contribution is 5.74. The molecule has 0 bridgehead atoms. The van der Waals surface area contributed by atoms with Crippen LogP contribution in [0, 0.1) is 6.92 Å². The number of aryl methyl sites for hydroxylation is 1. The summed E-state index contributed by atoms with van der Waals surface area (Å²) in [6.07, 6.45) is 0.929. The molecule has 18 heavy (non-hydrogen) atoms. The van der Waals surface area contributed by atoms with Gasteiger partial charge in [-0.05, 0) is 37.6 Å². The van der Waals surface area contributed by atoms with E-state index in [1.807, 2.05) is 44.0 Å². The molecule has 0 spiro atoms. The molecule has 0 amide bonds. The van der Waals surface area contributed by atoms with E-state index >= 15 is 0 Å². The zero-order valence-electron chi connectivity index (χ0n) is 11.3. The molecule has 4 nitrogen and oxygen atoms in total. The van der Waals surface area contributed by atoms with Crippen LogP contribution in [0.4, 0.5) is 5.69 Å². The smallest absolute Gasteiger partial charge is 0.322 e. The molecule has 100 valence electrons. The molecule has 0 saturated heterocycles. The Bertz CT molecular complexity index is 393. The minimum Gasteiger partial charge on any atom is -0.480 e. The summed E-state index contributed by atoms with van der Waals surface area (Å²) in [7, 11) is 1.92. The van der Waals surface area contributed by atoms with Crippen molar-refractivity contribution >= 4 is 11.7 Å². The van der Waals surface area contributed by atoms with Crippen LogP contribution in [-0.2, 0) is 4.79 Å². The highest BCUT2D eigenvalue weighted by Gasteiger charge is 2.18. The first-order valence-electron chi connectivity index (χ1n) is 6.28. The molecule has 0 aliphatic carbocycles. The Labute approximate surface area is 109 Å². The molecule has 1 unspecified atom stereocenters. The van der Waals surface area contributed by atoms with Crippen molar-refractivity contribution in [2.24, 2.45) is 0 Å². The van der Waals surface area contributed by atoms with Crippen molar-refractivity contribution in [1.29, 1.82) is 0 Å². The lowest BCUT2D eigenvalue weighted by Crippen LogP contribution is -2.45. The molecule has 0 aliphatic heterocycles. The first-order chi connectivity index (χ1) is 8.54. The molecule has 0 fully saturated rings. The maximum atomic E-state index is 11.1. The van der Waals surface area contributed by atoms with Crippen molar-refractivity contribution in [3.8, 4) is 0 Å². The van der Waals surface area contributed by atoms with Crippen molar-refractivity contribution in [3.63, 3.8) is 0 Å². The number of nitrogens with zero attached hydrogens (tertiary/aromatic N) is 1. The van der Waals surface area contributed by atoms with Crippen LogP contribution in [0.1, 0.15) is 18.9 Å². The zero-order valence-corrected chi connectivity index (χ0v) is 11.3. The minimum absolute atomic E-state index is 0.457. The normalized spacial score (nSPS) is 12.2. The predicted molar refractivity (Wildman–Crippen MR) is 74.2 cm³/mol. The average Bonchev–Trinajstić information content (AvgIpc) is 2.33. The Morgan fingerprint density at radius 2 is 2.22 bits per heavy atom. The average molecular weight is 250 g/mol. The van der Waals surface area contributed by atoms with Crippen LogP contribution >= 0.6 is 0 Å². The maximum absolute atomic E-state index is 11.1. The second-order valence-electron chi connectivity index (χ2n) is 4.56. The summed E-state index contributed by atoms with van der Waals surface area (Å²) in [5.41, 5.74) is 2.22. The van der Waals surface area contributed by atoms with Crippen LogP contribution in [-0.4, -0.2) is 37.3 Å². The number of carbonyl (C=O) groups is 1. The van der Waals surface area contributed by atoms with E-state index in [9.17, 15) is 4.79 Å². The summed E-state index contributed by atoms with van der Waals surface area (Å²) in [5.74, 6) is -0.803. The summed E-state index contributed by atoms with van der Waals surface area (Å²) < 4.78 is 0. The fraction of sp³-hybridized carbons (Fsp3) is 0.500. The van der Waals surface area contributed by atoms with Gasteiger partial charge in [-0.1, -0.05) is 19.1 Å². The third kappa shape index (κ3) is 4.37. The maximum Gasteiger partial charge on any atom is 0.322 e. The molecule has 0 radical (unpaired) electrons. The highest BCUT2D eigenvalue weighted by atomic mass is 16.4. The summed E-state index contributed by atoms with van der Waals surface area (Å²) in [6.45, 7) is 5.23. The summed E-state index contributed by atoms with van der Waals surface area (Å²) in [5, 5.41) is 12.2. The van der Waals surface area contributed by atoms with Gasteiger partial charge in [0, 0.05) is 19.3 Å². The number of benzene rings is 1.